The summed E-state index contributed by atoms with van der Waals surface area (Å²) in [5, 5.41) is 16.1. The lowest BCUT2D eigenvalue weighted by Gasteiger charge is -2.16. The number of fused-ring (bicyclic) bond motifs is 2. The molecule has 7 nitrogen and oxygen atoms in total. The number of ether oxygens (including phenoxy) is 1. The summed E-state index contributed by atoms with van der Waals surface area (Å²) in [6, 6.07) is 16.6. The second kappa shape index (κ2) is 9.77. The first-order chi connectivity index (χ1) is 16.3. The Morgan fingerprint density at radius 3 is 2.68 bits per heavy atom. The van der Waals surface area contributed by atoms with E-state index >= 15 is 0 Å². The number of carboxylic acid groups (broad SMARTS) is 1. The van der Waals surface area contributed by atoms with E-state index < -0.39 is 12.1 Å². The number of hydrogen-bond donors (Lipinski definition) is 1. The molecule has 1 aromatic heterocycles. The highest BCUT2D eigenvalue weighted by atomic mass is 79.9. The van der Waals surface area contributed by atoms with Gasteiger partial charge in [-0.05, 0) is 48.4 Å². The first-order valence-electron chi connectivity index (χ1n) is 11.0. The SMILES string of the molecule is CC[C@@H](C)c1nc2ccc(Br)cc2c(=O)n1N=Cc1c(O[C@H](C)C(=O)O)ccc2ccccc12. The molecule has 4 rings (SSSR count). The van der Waals surface area contributed by atoms with Gasteiger partial charge in [0.05, 0.1) is 17.1 Å². The third-order valence-electron chi connectivity index (χ3n) is 5.77. The van der Waals surface area contributed by atoms with Gasteiger partial charge < -0.3 is 9.84 Å². The van der Waals surface area contributed by atoms with Gasteiger partial charge in [0.1, 0.15) is 11.6 Å². The number of rotatable bonds is 7. The maximum absolute atomic E-state index is 13.4. The van der Waals surface area contributed by atoms with Crippen LogP contribution in [0.1, 0.15) is 44.5 Å². The Hall–Kier alpha value is -3.52. The Kier molecular flexibility index (Phi) is 6.79. The summed E-state index contributed by atoms with van der Waals surface area (Å²) in [4.78, 5) is 29.6. The zero-order chi connectivity index (χ0) is 24.4. The second-order valence-electron chi connectivity index (χ2n) is 8.10. The quantitative estimate of drug-likeness (QED) is 0.321. The van der Waals surface area contributed by atoms with Crippen LogP contribution in [0.15, 0.2) is 69.0 Å². The maximum Gasteiger partial charge on any atom is 0.344 e. The summed E-state index contributed by atoms with van der Waals surface area (Å²) >= 11 is 3.42. The Bertz CT molecular complexity index is 1480. The molecule has 174 valence electrons. The Labute approximate surface area is 204 Å². The van der Waals surface area contributed by atoms with Crippen molar-refractivity contribution in [3.8, 4) is 5.75 Å². The molecular formula is C26H24BrN3O4. The zero-order valence-corrected chi connectivity index (χ0v) is 20.6. The Balaban J connectivity index is 1.93. The monoisotopic (exact) mass is 521 g/mol. The molecule has 0 spiro atoms. The topological polar surface area (TPSA) is 93.8 Å². The molecule has 0 saturated heterocycles. The molecule has 0 aliphatic rings. The molecule has 0 bridgehead atoms. The minimum Gasteiger partial charge on any atom is -0.479 e. The highest BCUT2D eigenvalue weighted by Gasteiger charge is 2.18. The van der Waals surface area contributed by atoms with Crippen LogP contribution in [0.5, 0.6) is 5.75 Å². The molecule has 2 atom stereocenters. The average molecular weight is 522 g/mol. The highest BCUT2D eigenvalue weighted by molar-refractivity contribution is 9.10. The van der Waals surface area contributed by atoms with Crippen LogP contribution < -0.4 is 10.3 Å². The van der Waals surface area contributed by atoms with Gasteiger partial charge in [-0.2, -0.15) is 9.78 Å². The minimum atomic E-state index is -1.07. The van der Waals surface area contributed by atoms with Gasteiger partial charge in [0.2, 0.25) is 0 Å². The van der Waals surface area contributed by atoms with Crippen molar-refractivity contribution < 1.29 is 14.6 Å². The van der Waals surface area contributed by atoms with Gasteiger partial charge in [-0.15, -0.1) is 0 Å². The molecule has 34 heavy (non-hydrogen) atoms. The fourth-order valence-corrected chi connectivity index (χ4v) is 4.01. The standard InChI is InChI=1S/C26H24BrN3O4/c1-4-15(2)24-29-22-11-10-18(27)13-20(22)25(31)30(24)28-14-21-19-8-6-5-7-17(19)9-12-23(21)34-16(3)26(32)33/h5-16H,4H2,1-3H3,(H,32,33)/t15-,16-/m1/s1. The first-order valence-corrected chi connectivity index (χ1v) is 11.8. The number of hydrogen-bond acceptors (Lipinski definition) is 5. The summed E-state index contributed by atoms with van der Waals surface area (Å²) in [6.45, 7) is 5.50. The molecular weight excluding hydrogens is 498 g/mol. The largest absolute Gasteiger partial charge is 0.479 e. The number of nitrogens with zero attached hydrogens (tertiary/aromatic N) is 3. The van der Waals surface area contributed by atoms with E-state index in [2.05, 4.69) is 21.0 Å². The zero-order valence-electron chi connectivity index (χ0n) is 19.0. The number of carbonyl (C=O) groups is 1. The Morgan fingerprint density at radius 1 is 1.18 bits per heavy atom. The molecule has 4 aromatic rings. The number of carboxylic acids is 1. The van der Waals surface area contributed by atoms with E-state index in [4.69, 9.17) is 9.72 Å². The highest BCUT2D eigenvalue weighted by Crippen LogP contribution is 2.28. The molecule has 0 aliphatic heterocycles. The van der Waals surface area contributed by atoms with Crippen LogP contribution in [0.3, 0.4) is 0 Å². The van der Waals surface area contributed by atoms with E-state index in [1.807, 2.05) is 56.3 Å². The van der Waals surface area contributed by atoms with Crippen LogP contribution in [-0.2, 0) is 4.79 Å². The third-order valence-corrected chi connectivity index (χ3v) is 6.26. The van der Waals surface area contributed by atoms with Crippen molar-refractivity contribution in [3.05, 3.63) is 80.8 Å². The van der Waals surface area contributed by atoms with Crippen LogP contribution >= 0.6 is 15.9 Å². The summed E-state index contributed by atoms with van der Waals surface area (Å²) < 4.78 is 7.82. The van der Waals surface area contributed by atoms with Crippen molar-refractivity contribution >= 4 is 49.8 Å². The second-order valence-corrected chi connectivity index (χ2v) is 9.01. The van der Waals surface area contributed by atoms with Crippen LogP contribution in [0.25, 0.3) is 21.7 Å². The van der Waals surface area contributed by atoms with E-state index in [9.17, 15) is 14.7 Å². The van der Waals surface area contributed by atoms with Gasteiger partial charge in [-0.1, -0.05) is 60.1 Å². The summed E-state index contributed by atoms with van der Waals surface area (Å²) in [5.41, 5.74) is 0.918. The third kappa shape index (κ3) is 4.59. The first kappa shape index (κ1) is 23.6. The van der Waals surface area contributed by atoms with Crippen molar-refractivity contribution in [1.82, 2.24) is 9.66 Å². The fraction of sp³-hybridized carbons (Fsp3) is 0.231. The molecule has 3 aromatic carbocycles. The van der Waals surface area contributed by atoms with Gasteiger partial charge in [0, 0.05) is 16.0 Å². The molecule has 0 amide bonds. The van der Waals surface area contributed by atoms with Crippen molar-refractivity contribution in [2.75, 3.05) is 0 Å². The van der Waals surface area contributed by atoms with E-state index in [0.29, 0.717) is 28.0 Å². The predicted octanol–water partition coefficient (Wildman–Crippen LogP) is 5.56. The minimum absolute atomic E-state index is 0.00633. The van der Waals surface area contributed by atoms with E-state index in [-0.39, 0.29) is 11.5 Å². The smallest absolute Gasteiger partial charge is 0.344 e. The van der Waals surface area contributed by atoms with E-state index in [1.54, 1.807) is 18.3 Å². The van der Waals surface area contributed by atoms with Crippen molar-refractivity contribution in [2.24, 2.45) is 5.10 Å². The van der Waals surface area contributed by atoms with Gasteiger partial charge in [-0.3, -0.25) is 4.79 Å². The van der Waals surface area contributed by atoms with E-state index in [1.165, 1.54) is 11.6 Å². The lowest BCUT2D eigenvalue weighted by atomic mass is 10.0. The van der Waals surface area contributed by atoms with Crippen LogP contribution in [0.2, 0.25) is 0 Å². The summed E-state index contributed by atoms with van der Waals surface area (Å²) in [6.07, 6.45) is 1.28. The number of aliphatic carboxylic acids is 1. The molecule has 0 unspecified atom stereocenters. The molecule has 0 radical (unpaired) electrons. The predicted molar refractivity (Wildman–Crippen MR) is 137 cm³/mol. The lowest BCUT2D eigenvalue weighted by molar-refractivity contribution is -0.144. The molecule has 0 saturated carbocycles. The number of halogens is 1. The van der Waals surface area contributed by atoms with Gasteiger partial charge >= 0.3 is 5.97 Å². The van der Waals surface area contributed by atoms with Gasteiger partial charge in [0.15, 0.2) is 6.10 Å². The molecule has 1 N–H and O–H groups in total. The van der Waals surface area contributed by atoms with Crippen molar-refractivity contribution in [1.29, 1.82) is 0 Å². The Morgan fingerprint density at radius 2 is 1.94 bits per heavy atom. The van der Waals surface area contributed by atoms with Crippen molar-refractivity contribution in [3.63, 3.8) is 0 Å². The molecule has 0 aliphatic carbocycles. The molecule has 8 heteroatoms. The average Bonchev–Trinajstić information content (AvgIpc) is 2.83. The van der Waals surface area contributed by atoms with E-state index in [0.717, 1.165) is 21.7 Å². The normalized spacial score (nSPS) is 13.4. The summed E-state index contributed by atoms with van der Waals surface area (Å²) in [5.74, 6) is -0.157. The molecule has 1 heterocycles. The van der Waals surface area contributed by atoms with Crippen molar-refractivity contribution in [2.45, 2.75) is 39.2 Å². The maximum atomic E-state index is 13.4. The van der Waals surface area contributed by atoms with Crippen LogP contribution in [0, 0.1) is 0 Å². The van der Waals surface area contributed by atoms with Crippen LogP contribution in [-0.4, -0.2) is 33.1 Å². The van der Waals surface area contributed by atoms with Crippen LogP contribution in [0.4, 0.5) is 0 Å². The van der Waals surface area contributed by atoms with Gasteiger partial charge in [-0.25, -0.2) is 9.78 Å². The number of aromatic nitrogens is 2. The van der Waals surface area contributed by atoms with Gasteiger partial charge in [0.25, 0.3) is 5.56 Å². The number of benzene rings is 3. The summed E-state index contributed by atoms with van der Waals surface area (Å²) in [7, 11) is 0. The lowest BCUT2D eigenvalue weighted by Crippen LogP contribution is -2.24. The fourth-order valence-electron chi connectivity index (χ4n) is 3.65. The molecule has 0 fully saturated rings.